The molecule has 0 aliphatic heterocycles. The Morgan fingerprint density at radius 2 is 2.31 bits per heavy atom. The van der Waals surface area contributed by atoms with Gasteiger partial charge in [0.1, 0.15) is 0 Å². The molecule has 0 radical (unpaired) electrons. The third kappa shape index (κ3) is 2.82. The lowest BCUT2D eigenvalue weighted by molar-refractivity contribution is -0.114. The lowest BCUT2D eigenvalue weighted by Crippen LogP contribution is -2.22. The Hall–Kier alpha value is -0.870. The van der Waals surface area contributed by atoms with Crippen LogP contribution in [0.2, 0.25) is 0 Å². The highest BCUT2D eigenvalue weighted by molar-refractivity contribution is 9.10. The monoisotopic (exact) mass is 242 g/mol. The highest BCUT2D eigenvalue weighted by atomic mass is 79.9. The van der Waals surface area contributed by atoms with Crippen LogP contribution in [0.1, 0.15) is 5.56 Å². The Morgan fingerprint density at radius 3 is 2.92 bits per heavy atom. The Balaban J connectivity index is 2.87. The Bertz CT molecular complexity index is 325. The van der Waals surface area contributed by atoms with E-state index in [1.54, 1.807) is 0 Å². The first kappa shape index (κ1) is 10.2. The van der Waals surface area contributed by atoms with Gasteiger partial charge in [-0.25, -0.2) is 0 Å². The van der Waals surface area contributed by atoms with Crippen LogP contribution >= 0.6 is 15.9 Å². The number of hydrogen-bond acceptors (Lipinski definition) is 2. The zero-order valence-corrected chi connectivity index (χ0v) is 8.89. The van der Waals surface area contributed by atoms with E-state index in [0.717, 1.165) is 15.7 Å². The number of carbonyl (C=O) groups is 1. The number of amides is 1. The highest BCUT2D eigenvalue weighted by Crippen LogP contribution is 2.20. The largest absolute Gasteiger partial charge is 0.325 e. The lowest BCUT2D eigenvalue weighted by Gasteiger charge is -2.07. The number of benzene rings is 1. The standard InChI is InChI=1S/C9H11BrN2O/c1-6-2-3-7(10)4-8(6)12-9(13)5-11/h2-4H,5,11H2,1H3,(H,12,13). The number of aryl methyl sites for hydroxylation is 1. The van der Waals surface area contributed by atoms with Crippen LogP contribution in [0.25, 0.3) is 0 Å². The smallest absolute Gasteiger partial charge is 0.238 e. The van der Waals surface area contributed by atoms with E-state index in [4.69, 9.17) is 5.73 Å². The molecule has 0 aliphatic rings. The molecule has 13 heavy (non-hydrogen) atoms. The predicted molar refractivity (Wildman–Crippen MR) is 56.6 cm³/mol. The minimum atomic E-state index is -0.179. The summed E-state index contributed by atoms with van der Waals surface area (Å²) in [7, 11) is 0. The SMILES string of the molecule is Cc1ccc(Br)cc1NC(=O)CN. The molecular formula is C9H11BrN2O. The zero-order chi connectivity index (χ0) is 9.84. The number of carbonyl (C=O) groups excluding carboxylic acids is 1. The Labute approximate surface area is 85.4 Å². The van der Waals surface area contributed by atoms with Crippen LogP contribution in [0.4, 0.5) is 5.69 Å². The van der Waals surface area contributed by atoms with Crippen LogP contribution < -0.4 is 11.1 Å². The molecule has 0 heterocycles. The fraction of sp³-hybridized carbons (Fsp3) is 0.222. The van der Waals surface area contributed by atoms with Crippen LogP contribution in [0.3, 0.4) is 0 Å². The van der Waals surface area contributed by atoms with Gasteiger partial charge in [0.05, 0.1) is 6.54 Å². The lowest BCUT2D eigenvalue weighted by atomic mass is 10.2. The molecule has 3 nitrogen and oxygen atoms in total. The molecule has 1 aromatic rings. The normalized spacial score (nSPS) is 9.77. The molecule has 0 spiro atoms. The van der Waals surface area contributed by atoms with Gasteiger partial charge in [-0.05, 0) is 24.6 Å². The third-order valence-electron chi connectivity index (χ3n) is 1.66. The van der Waals surface area contributed by atoms with Gasteiger partial charge in [-0.2, -0.15) is 0 Å². The predicted octanol–water partition coefficient (Wildman–Crippen LogP) is 1.65. The van der Waals surface area contributed by atoms with E-state index in [1.165, 1.54) is 0 Å². The first-order valence-electron chi connectivity index (χ1n) is 3.89. The number of nitrogens with two attached hydrogens (primary N) is 1. The number of anilines is 1. The van der Waals surface area contributed by atoms with Crippen molar-refractivity contribution >= 4 is 27.5 Å². The van der Waals surface area contributed by atoms with Crippen LogP contribution in [-0.4, -0.2) is 12.5 Å². The summed E-state index contributed by atoms with van der Waals surface area (Å²) in [6.45, 7) is 1.94. The maximum atomic E-state index is 11.0. The molecule has 0 aliphatic carbocycles. The molecule has 0 saturated carbocycles. The van der Waals surface area contributed by atoms with Gasteiger partial charge in [0.25, 0.3) is 0 Å². The third-order valence-corrected chi connectivity index (χ3v) is 2.15. The van der Waals surface area contributed by atoms with Crippen molar-refractivity contribution in [2.75, 3.05) is 11.9 Å². The average molecular weight is 243 g/mol. The first-order valence-corrected chi connectivity index (χ1v) is 4.69. The van der Waals surface area contributed by atoms with E-state index in [2.05, 4.69) is 21.2 Å². The second-order valence-electron chi connectivity index (χ2n) is 2.71. The van der Waals surface area contributed by atoms with Gasteiger partial charge in [0.2, 0.25) is 5.91 Å². The Kier molecular flexibility index (Phi) is 3.45. The molecule has 1 rings (SSSR count). The summed E-state index contributed by atoms with van der Waals surface area (Å²) in [5, 5.41) is 2.71. The second-order valence-corrected chi connectivity index (χ2v) is 3.63. The van der Waals surface area contributed by atoms with Gasteiger partial charge in [-0.1, -0.05) is 22.0 Å². The van der Waals surface area contributed by atoms with Crippen LogP contribution in [0.15, 0.2) is 22.7 Å². The summed E-state index contributed by atoms with van der Waals surface area (Å²) in [6, 6.07) is 5.70. The number of nitrogens with one attached hydrogen (secondary N) is 1. The number of halogens is 1. The summed E-state index contributed by atoms with van der Waals surface area (Å²) in [4.78, 5) is 11.0. The summed E-state index contributed by atoms with van der Waals surface area (Å²) < 4.78 is 0.936. The van der Waals surface area contributed by atoms with E-state index >= 15 is 0 Å². The topological polar surface area (TPSA) is 55.1 Å². The van der Waals surface area contributed by atoms with Crippen molar-refractivity contribution in [1.29, 1.82) is 0 Å². The van der Waals surface area contributed by atoms with Crippen LogP contribution in [0, 0.1) is 6.92 Å². The van der Waals surface area contributed by atoms with E-state index in [9.17, 15) is 4.79 Å². The maximum Gasteiger partial charge on any atom is 0.238 e. The van der Waals surface area contributed by atoms with Gasteiger partial charge in [-0.15, -0.1) is 0 Å². The molecular weight excluding hydrogens is 232 g/mol. The molecule has 0 bridgehead atoms. The molecule has 0 aromatic heterocycles. The fourth-order valence-electron chi connectivity index (χ4n) is 0.930. The van der Waals surface area contributed by atoms with E-state index in [-0.39, 0.29) is 12.5 Å². The van der Waals surface area contributed by atoms with Gasteiger partial charge in [0.15, 0.2) is 0 Å². The number of hydrogen-bond donors (Lipinski definition) is 2. The minimum absolute atomic E-state index is 0.00591. The summed E-state index contributed by atoms with van der Waals surface area (Å²) >= 11 is 3.33. The molecule has 0 saturated heterocycles. The van der Waals surface area contributed by atoms with E-state index < -0.39 is 0 Å². The molecule has 0 fully saturated rings. The quantitative estimate of drug-likeness (QED) is 0.829. The minimum Gasteiger partial charge on any atom is -0.325 e. The summed E-state index contributed by atoms with van der Waals surface area (Å²) in [6.07, 6.45) is 0. The molecule has 3 N–H and O–H groups in total. The van der Waals surface area contributed by atoms with Crippen LogP contribution in [-0.2, 0) is 4.79 Å². The Morgan fingerprint density at radius 1 is 1.62 bits per heavy atom. The van der Waals surface area contributed by atoms with Crippen molar-refractivity contribution in [3.05, 3.63) is 28.2 Å². The van der Waals surface area contributed by atoms with Crippen molar-refractivity contribution in [2.24, 2.45) is 5.73 Å². The van der Waals surface area contributed by atoms with Gasteiger partial charge in [-0.3, -0.25) is 4.79 Å². The molecule has 0 atom stereocenters. The van der Waals surface area contributed by atoms with Crippen LogP contribution in [0.5, 0.6) is 0 Å². The van der Waals surface area contributed by atoms with Crippen molar-refractivity contribution < 1.29 is 4.79 Å². The summed E-state index contributed by atoms with van der Waals surface area (Å²) in [5.74, 6) is -0.179. The summed E-state index contributed by atoms with van der Waals surface area (Å²) in [5.41, 5.74) is 7.00. The average Bonchev–Trinajstić information content (AvgIpc) is 2.11. The molecule has 1 amide bonds. The molecule has 70 valence electrons. The van der Waals surface area contributed by atoms with E-state index in [1.807, 2.05) is 25.1 Å². The second kappa shape index (κ2) is 4.39. The molecule has 1 aromatic carbocycles. The number of rotatable bonds is 2. The van der Waals surface area contributed by atoms with E-state index in [0.29, 0.717) is 0 Å². The first-order chi connectivity index (χ1) is 6.13. The van der Waals surface area contributed by atoms with Gasteiger partial charge >= 0.3 is 0 Å². The fourth-order valence-corrected chi connectivity index (χ4v) is 1.29. The molecule has 0 unspecified atom stereocenters. The van der Waals surface area contributed by atoms with Crippen molar-refractivity contribution in [3.8, 4) is 0 Å². The van der Waals surface area contributed by atoms with Gasteiger partial charge in [0, 0.05) is 10.2 Å². The maximum absolute atomic E-state index is 11.0. The van der Waals surface area contributed by atoms with Crippen molar-refractivity contribution in [1.82, 2.24) is 0 Å². The van der Waals surface area contributed by atoms with Crippen molar-refractivity contribution in [3.63, 3.8) is 0 Å². The van der Waals surface area contributed by atoms with Crippen molar-refractivity contribution in [2.45, 2.75) is 6.92 Å². The molecule has 4 heteroatoms. The zero-order valence-electron chi connectivity index (χ0n) is 7.30. The highest BCUT2D eigenvalue weighted by Gasteiger charge is 2.02. The van der Waals surface area contributed by atoms with Gasteiger partial charge < -0.3 is 11.1 Å².